The summed E-state index contributed by atoms with van der Waals surface area (Å²) in [4.78, 5) is 24.4. The molecule has 0 saturated heterocycles. The molecule has 166 valence electrons. The van der Waals surface area contributed by atoms with Crippen LogP contribution in [0.3, 0.4) is 0 Å². The fourth-order valence-electron chi connectivity index (χ4n) is 3.50. The number of anilines is 1. The number of amides is 2. The number of hydrogen-bond donors (Lipinski definition) is 3. The Morgan fingerprint density at radius 1 is 1.03 bits per heavy atom. The van der Waals surface area contributed by atoms with E-state index in [1.165, 1.54) is 12.1 Å². The summed E-state index contributed by atoms with van der Waals surface area (Å²) >= 11 is 5.83. The second-order valence-electron chi connectivity index (χ2n) is 7.55. The lowest BCUT2D eigenvalue weighted by Gasteiger charge is -2.12. The molecule has 9 heteroatoms. The van der Waals surface area contributed by atoms with Gasteiger partial charge in [-0.25, -0.2) is 13.1 Å². The standard InChI is InChI=1S/C22H26ClN3O4S/c23-18-8-4-10-20(14-18)31(29,30)25-12-11-21(27)24-15-16-5-3-9-19(13-16)26-22(28)17-6-1-2-7-17/h3-5,8-10,13-14,17,25H,1-2,6-7,11-12,15H2,(H,24,27)(H,26,28). The van der Waals surface area contributed by atoms with Gasteiger partial charge in [-0.3, -0.25) is 9.59 Å². The van der Waals surface area contributed by atoms with E-state index < -0.39 is 10.0 Å². The largest absolute Gasteiger partial charge is 0.352 e. The minimum Gasteiger partial charge on any atom is -0.352 e. The van der Waals surface area contributed by atoms with Gasteiger partial charge in [-0.1, -0.05) is 42.6 Å². The minimum atomic E-state index is -3.72. The van der Waals surface area contributed by atoms with Crippen LogP contribution in [0.2, 0.25) is 5.02 Å². The number of sulfonamides is 1. The summed E-state index contributed by atoms with van der Waals surface area (Å²) in [6.45, 7) is 0.255. The van der Waals surface area contributed by atoms with Gasteiger partial charge < -0.3 is 10.6 Å². The first-order chi connectivity index (χ1) is 14.8. The molecule has 3 rings (SSSR count). The first-order valence-corrected chi connectivity index (χ1v) is 12.1. The molecule has 1 aliphatic carbocycles. The SMILES string of the molecule is O=C(CCNS(=O)(=O)c1cccc(Cl)c1)NCc1cccc(NC(=O)C2CCCC2)c1. The second kappa shape index (κ2) is 10.7. The molecule has 1 fully saturated rings. The maximum absolute atomic E-state index is 12.3. The third-order valence-electron chi connectivity index (χ3n) is 5.16. The van der Waals surface area contributed by atoms with Crippen molar-refractivity contribution in [3.63, 3.8) is 0 Å². The molecule has 0 heterocycles. The zero-order valence-electron chi connectivity index (χ0n) is 17.1. The van der Waals surface area contributed by atoms with Crippen LogP contribution >= 0.6 is 11.6 Å². The Balaban J connectivity index is 1.43. The smallest absolute Gasteiger partial charge is 0.240 e. The number of halogens is 1. The van der Waals surface area contributed by atoms with Gasteiger partial charge in [0.15, 0.2) is 0 Å². The summed E-state index contributed by atoms with van der Waals surface area (Å²) in [6.07, 6.45) is 4.06. The van der Waals surface area contributed by atoms with Crippen LogP contribution in [0.25, 0.3) is 0 Å². The number of rotatable bonds is 9. The van der Waals surface area contributed by atoms with E-state index in [1.807, 2.05) is 24.3 Å². The fourth-order valence-corrected chi connectivity index (χ4v) is 4.83. The molecular formula is C22H26ClN3O4S. The monoisotopic (exact) mass is 463 g/mol. The summed E-state index contributed by atoms with van der Waals surface area (Å²) in [5.74, 6) is -0.154. The lowest BCUT2D eigenvalue weighted by atomic mass is 10.1. The van der Waals surface area contributed by atoms with Gasteiger partial charge in [-0.2, -0.15) is 0 Å². The normalized spacial score (nSPS) is 14.4. The summed E-state index contributed by atoms with van der Waals surface area (Å²) in [6, 6.07) is 13.3. The van der Waals surface area contributed by atoms with Crippen LogP contribution in [0.5, 0.6) is 0 Å². The molecule has 1 aliphatic rings. The molecule has 3 N–H and O–H groups in total. The highest BCUT2D eigenvalue weighted by Gasteiger charge is 2.22. The molecule has 31 heavy (non-hydrogen) atoms. The van der Waals surface area contributed by atoms with Crippen LogP contribution in [0.4, 0.5) is 5.69 Å². The molecule has 0 aromatic heterocycles. The van der Waals surface area contributed by atoms with Gasteiger partial charge in [0, 0.05) is 36.1 Å². The van der Waals surface area contributed by atoms with E-state index in [9.17, 15) is 18.0 Å². The van der Waals surface area contributed by atoms with Crippen molar-refractivity contribution in [2.45, 2.75) is 43.5 Å². The minimum absolute atomic E-state index is 0.00208. The number of hydrogen-bond acceptors (Lipinski definition) is 4. The molecule has 0 atom stereocenters. The van der Waals surface area contributed by atoms with Crippen LogP contribution in [0.1, 0.15) is 37.7 Å². The van der Waals surface area contributed by atoms with Crippen LogP contribution in [-0.4, -0.2) is 26.8 Å². The molecule has 0 radical (unpaired) electrons. The quantitative estimate of drug-likeness (QED) is 0.529. The Bertz CT molecular complexity index is 1040. The maximum Gasteiger partial charge on any atom is 0.240 e. The molecule has 0 aliphatic heterocycles. The molecule has 2 aromatic carbocycles. The van der Waals surface area contributed by atoms with Crippen molar-refractivity contribution in [3.8, 4) is 0 Å². The summed E-state index contributed by atoms with van der Waals surface area (Å²) < 4.78 is 26.9. The van der Waals surface area contributed by atoms with Crippen LogP contribution in [0, 0.1) is 5.92 Å². The van der Waals surface area contributed by atoms with E-state index in [4.69, 9.17) is 11.6 Å². The topological polar surface area (TPSA) is 104 Å². The Kier molecular flexibility index (Phi) is 8.06. The van der Waals surface area contributed by atoms with E-state index in [0.29, 0.717) is 10.7 Å². The van der Waals surface area contributed by atoms with Gasteiger partial charge >= 0.3 is 0 Å². The fraction of sp³-hybridized carbons (Fsp3) is 0.364. The van der Waals surface area contributed by atoms with E-state index in [0.717, 1.165) is 31.2 Å². The van der Waals surface area contributed by atoms with Crippen molar-refractivity contribution in [3.05, 3.63) is 59.1 Å². The van der Waals surface area contributed by atoms with E-state index >= 15 is 0 Å². The van der Waals surface area contributed by atoms with Crippen molar-refractivity contribution >= 4 is 39.1 Å². The van der Waals surface area contributed by atoms with Crippen LogP contribution in [0.15, 0.2) is 53.4 Å². The third-order valence-corrected chi connectivity index (χ3v) is 6.85. The van der Waals surface area contributed by atoms with Crippen LogP contribution in [-0.2, 0) is 26.2 Å². The Morgan fingerprint density at radius 3 is 2.52 bits per heavy atom. The number of carbonyl (C=O) groups is 2. The summed E-state index contributed by atoms with van der Waals surface area (Å²) in [5, 5.41) is 6.03. The predicted molar refractivity (Wildman–Crippen MR) is 120 cm³/mol. The first-order valence-electron chi connectivity index (χ1n) is 10.3. The van der Waals surface area contributed by atoms with Gasteiger partial charge in [0.2, 0.25) is 21.8 Å². The molecule has 7 nitrogen and oxygen atoms in total. The van der Waals surface area contributed by atoms with Gasteiger partial charge in [0.25, 0.3) is 0 Å². The van der Waals surface area contributed by atoms with Gasteiger partial charge in [0.1, 0.15) is 0 Å². The lowest BCUT2D eigenvalue weighted by molar-refractivity contribution is -0.121. The van der Waals surface area contributed by atoms with Gasteiger partial charge in [0.05, 0.1) is 4.90 Å². The molecule has 1 saturated carbocycles. The highest BCUT2D eigenvalue weighted by Crippen LogP contribution is 2.26. The summed E-state index contributed by atoms with van der Waals surface area (Å²) in [7, 11) is -3.72. The first kappa shape index (κ1) is 23.2. The van der Waals surface area contributed by atoms with Gasteiger partial charge in [-0.15, -0.1) is 0 Å². The van der Waals surface area contributed by atoms with Crippen molar-refractivity contribution in [2.24, 2.45) is 5.92 Å². The highest BCUT2D eigenvalue weighted by atomic mass is 35.5. The summed E-state index contributed by atoms with van der Waals surface area (Å²) in [5.41, 5.74) is 1.55. The number of carbonyl (C=O) groups excluding carboxylic acids is 2. The Hall–Kier alpha value is -2.42. The van der Waals surface area contributed by atoms with Gasteiger partial charge in [-0.05, 0) is 48.7 Å². The lowest BCUT2D eigenvalue weighted by Crippen LogP contribution is -2.30. The average molecular weight is 464 g/mol. The highest BCUT2D eigenvalue weighted by molar-refractivity contribution is 7.89. The van der Waals surface area contributed by atoms with Crippen molar-refractivity contribution in [2.75, 3.05) is 11.9 Å². The molecule has 0 spiro atoms. The molecule has 0 bridgehead atoms. The van der Waals surface area contributed by atoms with Crippen molar-refractivity contribution < 1.29 is 18.0 Å². The zero-order valence-corrected chi connectivity index (χ0v) is 18.6. The maximum atomic E-state index is 12.3. The predicted octanol–water partition coefficient (Wildman–Crippen LogP) is 3.45. The van der Waals surface area contributed by atoms with Crippen LogP contribution < -0.4 is 15.4 Å². The third kappa shape index (κ3) is 7.05. The average Bonchev–Trinajstić information content (AvgIpc) is 3.28. The molecule has 0 unspecified atom stereocenters. The molecule has 2 amide bonds. The zero-order chi connectivity index (χ0) is 22.3. The molecule has 2 aromatic rings. The Morgan fingerprint density at radius 2 is 1.77 bits per heavy atom. The Labute approximate surface area is 187 Å². The van der Waals surface area contributed by atoms with E-state index in [-0.39, 0.29) is 42.1 Å². The van der Waals surface area contributed by atoms with E-state index in [1.54, 1.807) is 12.1 Å². The van der Waals surface area contributed by atoms with E-state index in [2.05, 4.69) is 15.4 Å². The number of benzene rings is 2. The van der Waals surface area contributed by atoms with Crippen molar-refractivity contribution in [1.82, 2.24) is 10.0 Å². The number of nitrogens with one attached hydrogen (secondary N) is 3. The van der Waals surface area contributed by atoms with Crippen molar-refractivity contribution in [1.29, 1.82) is 0 Å². The molecular weight excluding hydrogens is 438 g/mol. The second-order valence-corrected chi connectivity index (χ2v) is 9.76.